The summed E-state index contributed by atoms with van der Waals surface area (Å²) in [7, 11) is -1.48. The molecule has 3 heterocycles. The SMILES string of the molecule is CC.CCOC(=O)c1cc(-c2ccc3cc(S4(C)CC4)sc3c2)c(C(=O)OCC)cc1-c1ccc2cc(S(C)(C)C)sc2c1. The van der Waals surface area contributed by atoms with Gasteiger partial charge in [0.1, 0.15) is 0 Å². The Bertz CT molecular complexity index is 1730. The molecule has 1 fully saturated rings. The van der Waals surface area contributed by atoms with Crippen molar-refractivity contribution >= 4 is 74.8 Å². The number of thiophene rings is 2. The number of carbonyl (C=O) groups is 2. The predicted octanol–water partition coefficient (Wildman–Crippen LogP) is 10.7. The molecule has 3 aromatic carbocycles. The van der Waals surface area contributed by atoms with Gasteiger partial charge in [0.05, 0.1) is 24.3 Å². The second-order valence-corrected chi connectivity index (χ2v) is 22.1. The van der Waals surface area contributed by atoms with Crippen molar-refractivity contribution in [3.8, 4) is 22.3 Å². The van der Waals surface area contributed by atoms with Gasteiger partial charge in [0.25, 0.3) is 0 Å². The highest BCUT2D eigenvalue weighted by Gasteiger charge is 2.35. The van der Waals surface area contributed by atoms with E-state index >= 15 is 0 Å². The molecule has 8 heteroatoms. The molecule has 0 saturated carbocycles. The first-order valence-corrected chi connectivity index (χ1v) is 21.9. The summed E-state index contributed by atoms with van der Waals surface area (Å²) in [6.45, 7) is 8.15. The zero-order valence-corrected chi connectivity index (χ0v) is 30.1. The lowest BCUT2D eigenvalue weighted by atomic mass is 9.90. The van der Waals surface area contributed by atoms with E-state index in [1.165, 1.54) is 35.4 Å². The molecule has 0 unspecified atom stereocenters. The summed E-state index contributed by atoms with van der Waals surface area (Å²) in [6.07, 6.45) is 9.29. The molecule has 4 nitrogen and oxygen atoms in total. The molecular formula is C36H42O4S4. The maximum Gasteiger partial charge on any atom is 0.338 e. The number of hydrogen-bond acceptors (Lipinski definition) is 6. The molecule has 0 atom stereocenters. The molecule has 5 aromatic rings. The molecule has 44 heavy (non-hydrogen) atoms. The Labute approximate surface area is 272 Å². The van der Waals surface area contributed by atoms with Gasteiger partial charge in [-0.05, 0) is 120 Å². The maximum atomic E-state index is 13.4. The van der Waals surface area contributed by atoms with E-state index in [0.29, 0.717) is 22.3 Å². The first-order chi connectivity index (χ1) is 21.0. The molecule has 0 N–H and O–H groups in total. The molecule has 234 valence electrons. The van der Waals surface area contributed by atoms with Gasteiger partial charge in [-0.2, -0.15) is 0 Å². The molecule has 1 aliphatic rings. The highest BCUT2D eigenvalue weighted by atomic mass is 32.3. The van der Waals surface area contributed by atoms with Crippen molar-refractivity contribution in [2.75, 3.05) is 49.7 Å². The van der Waals surface area contributed by atoms with Crippen LogP contribution in [0, 0.1) is 0 Å². The second kappa shape index (κ2) is 12.9. The van der Waals surface area contributed by atoms with Gasteiger partial charge in [0.2, 0.25) is 0 Å². The smallest absolute Gasteiger partial charge is 0.338 e. The summed E-state index contributed by atoms with van der Waals surface area (Å²) in [5.41, 5.74) is 4.00. The van der Waals surface area contributed by atoms with Crippen molar-refractivity contribution in [1.29, 1.82) is 0 Å². The summed E-state index contributed by atoms with van der Waals surface area (Å²) >= 11 is 3.65. The molecule has 0 amide bonds. The van der Waals surface area contributed by atoms with Crippen molar-refractivity contribution in [2.24, 2.45) is 0 Å². The summed E-state index contributed by atoms with van der Waals surface area (Å²) in [6, 6.07) is 20.8. The third-order valence-corrected chi connectivity index (χ3v) is 16.7. The Balaban J connectivity index is 0.00000188. The predicted molar refractivity (Wildman–Crippen MR) is 196 cm³/mol. The van der Waals surface area contributed by atoms with E-state index in [9.17, 15) is 9.59 Å². The lowest BCUT2D eigenvalue weighted by Gasteiger charge is -2.22. The largest absolute Gasteiger partial charge is 0.462 e. The van der Waals surface area contributed by atoms with Crippen LogP contribution in [-0.2, 0) is 9.47 Å². The van der Waals surface area contributed by atoms with Gasteiger partial charge < -0.3 is 9.47 Å². The second-order valence-electron chi connectivity index (χ2n) is 11.5. The number of esters is 2. The third kappa shape index (κ3) is 6.45. The highest BCUT2D eigenvalue weighted by molar-refractivity contribution is 8.39. The molecule has 0 bridgehead atoms. The molecular weight excluding hydrogens is 625 g/mol. The number of rotatable bonds is 8. The molecule has 1 aliphatic heterocycles. The van der Waals surface area contributed by atoms with Gasteiger partial charge in [-0.1, -0.05) is 38.1 Å². The molecule has 0 aliphatic carbocycles. The zero-order chi connectivity index (χ0) is 31.8. The van der Waals surface area contributed by atoms with Crippen LogP contribution in [0.2, 0.25) is 0 Å². The quantitative estimate of drug-likeness (QED) is 0.122. The Morgan fingerprint density at radius 2 is 1.20 bits per heavy atom. The topological polar surface area (TPSA) is 52.6 Å². The van der Waals surface area contributed by atoms with Gasteiger partial charge >= 0.3 is 11.9 Å². The lowest BCUT2D eigenvalue weighted by molar-refractivity contribution is 0.0513. The average molecular weight is 667 g/mol. The van der Waals surface area contributed by atoms with Gasteiger partial charge in [-0.3, -0.25) is 0 Å². The van der Waals surface area contributed by atoms with Gasteiger partial charge in [-0.15, -0.1) is 22.7 Å². The minimum atomic E-state index is -0.865. The third-order valence-electron chi connectivity index (χ3n) is 7.67. The van der Waals surface area contributed by atoms with Gasteiger partial charge in [0.15, 0.2) is 0 Å². The maximum absolute atomic E-state index is 13.4. The Morgan fingerprint density at radius 3 is 1.66 bits per heavy atom. The Kier molecular flexibility index (Phi) is 9.57. The van der Waals surface area contributed by atoms with Crippen LogP contribution in [0.4, 0.5) is 0 Å². The minimum absolute atomic E-state index is 0.264. The number of fused-ring (bicyclic) bond motifs is 2. The molecule has 1 saturated heterocycles. The Hall–Kier alpha value is -2.78. The van der Waals surface area contributed by atoms with E-state index in [-0.39, 0.29) is 13.2 Å². The summed E-state index contributed by atoms with van der Waals surface area (Å²) in [4.78, 5) is 26.9. The van der Waals surface area contributed by atoms with Crippen molar-refractivity contribution in [1.82, 2.24) is 0 Å². The lowest BCUT2D eigenvalue weighted by Crippen LogP contribution is -2.11. The number of hydrogen-bond donors (Lipinski definition) is 0. The normalized spacial score (nSPS) is 14.9. The monoisotopic (exact) mass is 666 g/mol. The summed E-state index contributed by atoms with van der Waals surface area (Å²) in [5.74, 6) is 1.81. The van der Waals surface area contributed by atoms with Crippen molar-refractivity contribution in [3.63, 3.8) is 0 Å². The number of carbonyl (C=O) groups excluding carboxylic acids is 2. The minimum Gasteiger partial charge on any atom is -0.462 e. The van der Waals surface area contributed by atoms with Crippen LogP contribution in [0.5, 0.6) is 0 Å². The molecule has 6 rings (SSSR count). The van der Waals surface area contributed by atoms with E-state index in [0.717, 1.165) is 15.8 Å². The first-order valence-electron chi connectivity index (χ1n) is 15.0. The van der Waals surface area contributed by atoms with Crippen molar-refractivity contribution in [2.45, 2.75) is 36.1 Å². The summed E-state index contributed by atoms with van der Waals surface area (Å²) in [5, 5.41) is 2.41. The molecule has 2 aromatic heterocycles. The van der Waals surface area contributed by atoms with E-state index in [2.05, 4.69) is 61.4 Å². The highest BCUT2D eigenvalue weighted by Crippen LogP contribution is 2.67. The van der Waals surface area contributed by atoms with Crippen LogP contribution in [0.3, 0.4) is 0 Å². The van der Waals surface area contributed by atoms with Crippen LogP contribution in [0.15, 0.2) is 69.1 Å². The fraction of sp³-hybridized carbons (Fsp3) is 0.333. The van der Waals surface area contributed by atoms with Crippen LogP contribution >= 0.6 is 42.7 Å². The van der Waals surface area contributed by atoms with Crippen molar-refractivity contribution < 1.29 is 19.1 Å². The fourth-order valence-electron chi connectivity index (χ4n) is 5.05. The van der Waals surface area contributed by atoms with Gasteiger partial charge in [0, 0.05) is 17.8 Å². The molecule has 0 spiro atoms. The van der Waals surface area contributed by atoms with Crippen molar-refractivity contribution in [3.05, 3.63) is 71.8 Å². The zero-order valence-electron chi connectivity index (χ0n) is 26.9. The standard InChI is InChI=1S/C34H36O4S4.C2H6/c1-7-37-33(35)27-20-26(22-10-12-24-18-32(40-30(24)16-22)42(6)13-14-42)28(34(36)38-8-2)19-25(27)21-9-11-23-17-31(41(3,4)5)39-29(23)15-21;1-2/h9-12,15-20H,7-8,13-14H2,1-6H3;1-2H3. The summed E-state index contributed by atoms with van der Waals surface area (Å²) < 4.78 is 16.3. The number of benzene rings is 3. The Morgan fingerprint density at radius 1 is 0.727 bits per heavy atom. The fourth-order valence-corrected chi connectivity index (χ4v) is 11.9. The van der Waals surface area contributed by atoms with Crippen LogP contribution < -0.4 is 0 Å². The first kappa shape index (κ1) is 32.6. The number of ether oxygens (including phenoxy) is 2. The van der Waals surface area contributed by atoms with E-state index in [1.807, 2.05) is 63.3 Å². The van der Waals surface area contributed by atoms with E-state index < -0.39 is 32.0 Å². The van der Waals surface area contributed by atoms with Crippen LogP contribution in [0.1, 0.15) is 48.4 Å². The van der Waals surface area contributed by atoms with E-state index in [4.69, 9.17) is 9.47 Å². The average Bonchev–Trinajstić information content (AvgIpc) is 3.40. The van der Waals surface area contributed by atoms with Crippen LogP contribution in [-0.4, -0.2) is 61.7 Å². The van der Waals surface area contributed by atoms with Crippen LogP contribution in [0.25, 0.3) is 42.4 Å². The van der Waals surface area contributed by atoms with Gasteiger partial charge in [-0.25, -0.2) is 29.6 Å². The van der Waals surface area contributed by atoms with E-state index in [1.54, 1.807) is 11.3 Å². The molecule has 0 radical (unpaired) electrons.